The summed E-state index contributed by atoms with van der Waals surface area (Å²) in [5.41, 5.74) is 3.21. The molecule has 0 unspecified atom stereocenters. The number of carbonyl (C=O) groups is 2. The Morgan fingerprint density at radius 2 is 1.96 bits per heavy atom. The number of hydrogen-bond acceptors (Lipinski definition) is 3. The first kappa shape index (κ1) is 17.1. The third kappa shape index (κ3) is 2.93. The first-order valence-electron chi connectivity index (χ1n) is 8.61. The molecule has 136 valence electrons. The zero-order valence-corrected chi connectivity index (χ0v) is 15.1. The molecule has 2 heterocycles. The summed E-state index contributed by atoms with van der Waals surface area (Å²) < 4.78 is 13.1. The number of benzene rings is 2. The van der Waals surface area contributed by atoms with Gasteiger partial charge in [0, 0.05) is 44.3 Å². The SMILES string of the molecule is CN(C)C(=O)c1c2c(cc3ncccc13)C(=O)N(Cc1ccc(F)cc1)C2. The van der Waals surface area contributed by atoms with Gasteiger partial charge in [-0.15, -0.1) is 0 Å². The fourth-order valence-corrected chi connectivity index (χ4v) is 3.46. The van der Waals surface area contributed by atoms with Crippen LogP contribution in [-0.4, -0.2) is 40.7 Å². The van der Waals surface area contributed by atoms with Crippen molar-refractivity contribution in [1.82, 2.24) is 14.8 Å². The fraction of sp³-hybridized carbons (Fsp3) is 0.190. The number of rotatable bonds is 3. The number of pyridine rings is 1. The molecule has 0 bridgehead atoms. The predicted molar refractivity (Wildman–Crippen MR) is 99.7 cm³/mol. The summed E-state index contributed by atoms with van der Waals surface area (Å²) in [6, 6.07) is 11.5. The molecule has 2 amide bonds. The van der Waals surface area contributed by atoms with E-state index in [1.54, 1.807) is 49.5 Å². The molecule has 0 radical (unpaired) electrons. The van der Waals surface area contributed by atoms with Gasteiger partial charge in [0.1, 0.15) is 5.82 Å². The zero-order chi connectivity index (χ0) is 19.1. The summed E-state index contributed by atoms with van der Waals surface area (Å²) in [5.74, 6) is -0.609. The third-order valence-corrected chi connectivity index (χ3v) is 4.79. The first-order valence-corrected chi connectivity index (χ1v) is 8.61. The summed E-state index contributed by atoms with van der Waals surface area (Å²) in [5, 5.41) is 0.742. The topological polar surface area (TPSA) is 53.5 Å². The lowest BCUT2D eigenvalue weighted by atomic mass is 9.97. The second kappa shape index (κ2) is 6.46. The minimum atomic E-state index is -0.314. The van der Waals surface area contributed by atoms with Crippen molar-refractivity contribution in [3.8, 4) is 0 Å². The molecule has 0 fully saturated rings. The van der Waals surface area contributed by atoms with Gasteiger partial charge in [-0.05, 0) is 35.4 Å². The van der Waals surface area contributed by atoms with Crippen molar-refractivity contribution in [2.24, 2.45) is 0 Å². The van der Waals surface area contributed by atoms with Gasteiger partial charge in [0.25, 0.3) is 11.8 Å². The molecule has 0 saturated carbocycles. The average molecular weight is 363 g/mol. The van der Waals surface area contributed by atoms with Crippen LogP contribution in [0.25, 0.3) is 10.9 Å². The zero-order valence-electron chi connectivity index (χ0n) is 15.1. The van der Waals surface area contributed by atoms with Crippen LogP contribution < -0.4 is 0 Å². The van der Waals surface area contributed by atoms with Gasteiger partial charge < -0.3 is 9.80 Å². The standard InChI is InChI=1S/C21H18FN3O2/c1-24(2)21(27)19-15-4-3-9-23-18(15)10-16-17(19)12-25(20(16)26)11-13-5-7-14(22)8-6-13/h3-10H,11-12H2,1-2H3. The van der Waals surface area contributed by atoms with E-state index in [1.807, 2.05) is 6.07 Å². The summed E-state index contributed by atoms with van der Waals surface area (Å²) in [6.07, 6.45) is 1.65. The van der Waals surface area contributed by atoms with Crippen molar-refractivity contribution >= 4 is 22.7 Å². The monoisotopic (exact) mass is 363 g/mol. The van der Waals surface area contributed by atoms with Crippen LogP contribution in [0, 0.1) is 5.82 Å². The Morgan fingerprint density at radius 3 is 2.67 bits per heavy atom. The van der Waals surface area contributed by atoms with Gasteiger partial charge >= 0.3 is 0 Å². The Morgan fingerprint density at radius 1 is 1.22 bits per heavy atom. The van der Waals surface area contributed by atoms with E-state index >= 15 is 0 Å². The number of amides is 2. The van der Waals surface area contributed by atoms with Gasteiger partial charge in [0.05, 0.1) is 11.1 Å². The summed E-state index contributed by atoms with van der Waals surface area (Å²) in [7, 11) is 3.38. The van der Waals surface area contributed by atoms with Gasteiger partial charge in [-0.1, -0.05) is 18.2 Å². The average Bonchev–Trinajstić information content (AvgIpc) is 2.96. The largest absolute Gasteiger partial charge is 0.345 e. The van der Waals surface area contributed by atoms with Crippen LogP contribution in [0.1, 0.15) is 31.8 Å². The van der Waals surface area contributed by atoms with Crippen LogP contribution in [0.3, 0.4) is 0 Å². The highest BCUT2D eigenvalue weighted by atomic mass is 19.1. The van der Waals surface area contributed by atoms with Crippen molar-refractivity contribution in [1.29, 1.82) is 0 Å². The lowest BCUT2D eigenvalue weighted by Crippen LogP contribution is -2.24. The van der Waals surface area contributed by atoms with E-state index in [2.05, 4.69) is 4.98 Å². The Balaban J connectivity index is 1.80. The van der Waals surface area contributed by atoms with E-state index < -0.39 is 0 Å². The molecule has 0 atom stereocenters. The lowest BCUT2D eigenvalue weighted by molar-refractivity contribution is 0.0763. The van der Waals surface area contributed by atoms with E-state index in [-0.39, 0.29) is 17.6 Å². The molecule has 6 heteroatoms. The molecule has 27 heavy (non-hydrogen) atoms. The maximum atomic E-state index is 13.1. The van der Waals surface area contributed by atoms with Crippen LogP contribution in [-0.2, 0) is 13.1 Å². The Kier molecular flexibility index (Phi) is 4.11. The number of carbonyl (C=O) groups excluding carboxylic acids is 2. The molecular formula is C21H18FN3O2. The summed E-state index contributed by atoms with van der Waals surface area (Å²) in [4.78, 5) is 33.3. The number of aromatic nitrogens is 1. The maximum absolute atomic E-state index is 13.1. The third-order valence-electron chi connectivity index (χ3n) is 4.79. The number of hydrogen-bond donors (Lipinski definition) is 0. The molecule has 0 saturated heterocycles. The van der Waals surface area contributed by atoms with Crippen LogP contribution in [0.5, 0.6) is 0 Å². The highest BCUT2D eigenvalue weighted by Crippen LogP contribution is 2.33. The van der Waals surface area contributed by atoms with Crippen LogP contribution in [0.15, 0.2) is 48.7 Å². The van der Waals surface area contributed by atoms with Crippen LogP contribution >= 0.6 is 0 Å². The molecule has 1 aliphatic heterocycles. The molecule has 0 spiro atoms. The number of nitrogens with zero attached hydrogens (tertiary/aromatic N) is 3. The summed E-state index contributed by atoms with van der Waals surface area (Å²) in [6.45, 7) is 0.693. The molecular weight excluding hydrogens is 345 g/mol. The van der Waals surface area contributed by atoms with Crippen molar-refractivity contribution in [2.75, 3.05) is 14.1 Å². The Labute approximate surface area is 156 Å². The van der Waals surface area contributed by atoms with Gasteiger partial charge in [0.15, 0.2) is 0 Å². The second-order valence-corrected chi connectivity index (χ2v) is 6.84. The lowest BCUT2D eigenvalue weighted by Gasteiger charge is -2.17. The van der Waals surface area contributed by atoms with Crippen molar-refractivity contribution in [3.05, 3.63) is 76.7 Å². The van der Waals surface area contributed by atoms with Gasteiger partial charge in [-0.25, -0.2) is 4.39 Å². The van der Waals surface area contributed by atoms with Crippen molar-refractivity contribution < 1.29 is 14.0 Å². The van der Waals surface area contributed by atoms with Crippen molar-refractivity contribution in [2.45, 2.75) is 13.1 Å². The number of fused-ring (bicyclic) bond motifs is 2. The quantitative estimate of drug-likeness (QED) is 0.718. The van der Waals surface area contributed by atoms with E-state index in [0.29, 0.717) is 29.7 Å². The minimum Gasteiger partial charge on any atom is -0.345 e. The van der Waals surface area contributed by atoms with Gasteiger partial charge in [-0.3, -0.25) is 14.6 Å². The van der Waals surface area contributed by atoms with Crippen LogP contribution in [0.2, 0.25) is 0 Å². The second-order valence-electron chi connectivity index (χ2n) is 6.84. The smallest absolute Gasteiger partial charge is 0.254 e. The van der Waals surface area contributed by atoms with Gasteiger partial charge in [-0.2, -0.15) is 0 Å². The highest BCUT2D eigenvalue weighted by Gasteiger charge is 2.33. The summed E-state index contributed by atoms with van der Waals surface area (Å²) >= 11 is 0. The van der Waals surface area contributed by atoms with E-state index in [9.17, 15) is 14.0 Å². The maximum Gasteiger partial charge on any atom is 0.254 e. The van der Waals surface area contributed by atoms with Crippen molar-refractivity contribution in [3.63, 3.8) is 0 Å². The Hall–Kier alpha value is -3.28. The number of halogens is 1. The molecule has 0 aliphatic carbocycles. The Bertz CT molecular complexity index is 1060. The molecule has 1 aliphatic rings. The molecule has 3 aromatic rings. The molecule has 4 rings (SSSR count). The normalized spacial score (nSPS) is 13.1. The molecule has 2 aromatic carbocycles. The minimum absolute atomic E-state index is 0.144. The van der Waals surface area contributed by atoms with Gasteiger partial charge in [0.2, 0.25) is 0 Å². The molecule has 1 aromatic heterocycles. The molecule has 5 nitrogen and oxygen atoms in total. The highest BCUT2D eigenvalue weighted by molar-refractivity contribution is 6.13. The van der Waals surface area contributed by atoms with E-state index in [1.165, 1.54) is 17.0 Å². The predicted octanol–water partition coefficient (Wildman–Crippen LogP) is 3.23. The van der Waals surface area contributed by atoms with E-state index in [4.69, 9.17) is 0 Å². The molecule has 0 N–H and O–H groups in total. The van der Waals surface area contributed by atoms with Crippen LogP contribution in [0.4, 0.5) is 4.39 Å². The van der Waals surface area contributed by atoms with E-state index in [0.717, 1.165) is 16.5 Å². The first-order chi connectivity index (χ1) is 13.0. The fourth-order valence-electron chi connectivity index (χ4n) is 3.46.